The van der Waals surface area contributed by atoms with Crippen LogP contribution in [0.2, 0.25) is 0 Å². The summed E-state index contributed by atoms with van der Waals surface area (Å²) in [6.07, 6.45) is 0.765. The molecule has 0 radical (unpaired) electrons. The summed E-state index contributed by atoms with van der Waals surface area (Å²) in [5.41, 5.74) is 5.54. The second-order valence-corrected chi connectivity index (χ2v) is 14.9. The molecule has 0 atom stereocenters. The van der Waals surface area contributed by atoms with Gasteiger partial charge >= 0.3 is 0 Å². The van der Waals surface area contributed by atoms with Crippen molar-refractivity contribution < 1.29 is 14.3 Å². The fourth-order valence-corrected chi connectivity index (χ4v) is 10.7. The summed E-state index contributed by atoms with van der Waals surface area (Å²) in [5, 5.41) is 13.4. The van der Waals surface area contributed by atoms with Gasteiger partial charge in [-0.3, -0.25) is 4.79 Å². The number of methoxy groups -OCH3 is 2. The van der Waals surface area contributed by atoms with Gasteiger partial charge in [0.15, 0.2) is 5.78 Å². The molecule has 4 nitrogen and oxygen atoms in total. The van der Waals surface area contributed by atoms with E-state index in [1.807, 2.05) is 12.1 Å². The molecule has 0 fully saturated rings. The lowest BCUT2D eigenvalue weighted by Crippen LogP contribution is -2.34. The van der Waals surface area contributed by atoms with Gasteiger partial charge in [-0.1, -0.05) is 72.3 Å². The first kappa shape index (κ1) is 31.5. The number of carbonyl (C=O) groups is 1. The van der Waals surface area contributed by atoms with Crippen LogP contribution in [0.1, 0.15) is 32.6 Å². The van der Waals surface area contributed by atoms with Crippen LogP contribution in [0.3, 0.4) is 0 Å². The van der Waals surface area contributed by atoms with E-state index < -0.39 is 7.26 Å². The number of ether oxygens (including phenoxy) is 2. The van der Waals surface area contributed by atoms with Crippen molar-refractivity contribution in [1.82, 2.24) is 0 Å². The van der Waals surface area contributed by atoms with Gasteiger partial charge in [-0.05, 0) is 90.8 Å². The summed E-state index contributed by atoms with van der Waals surface area (Å²) in [5.74, 6) is 1.24. The lowest BCUT2D eigenvalue weighted by Gasteiger charge is -2.30. The first-order chi connectivity index (χ1) is 23.0. The Balaban J connectivity index is 1.69. The molecule has 0 heterocycles. The molecule has 0 aliphatic carbocycles. The standard InChI is InChI=1S/C42H35NO3P/c1-30-11-10-12-32(25-30)29-47(36-13-6-4-7-14-36,37-15-8-5-9-16-37)41-27-35(46-3)22-24-39(41)38-23-17-31(28-43)26-40(38)42(44)33-18-20-34(45-2)21-19-33/h4-27H,29H2,1-3H3/q+1. The normalized spacial score (nSPS) is 11.0. The highest BCUT2D eigenvalue weighted by Gasteiger charge is 2.47. The topological polar surface area (TPSA) is 59.3 Å². The average Bonchev–Trinajstić information content (AvgIpc) is 3.14. The lowest BCUT2D eigenvalue weighted by molar-refractivity contribution is 0.103. The van der Waals surface area contributed by atoms with E-state index in [0.29, 0.717) is 22.4 Å². The zero-order chi connectivity index (χ0) is 32.8. The van der Waals surface area contributed by atoms with Gasteiger partial charge in [0.05, 0.1) is 32.0 Å². The van der Waals surface area contributed by atoms with Crippen LogP contribution in [0.4, 0.5) is 0 Å². The summed E-state index contributed by atoms with van der Waals surface area (Å²) in [6.45, 7) is 2.12. The van der Waals surface area contributed by atoms with Gasteiger partial charge in [0.2, 0.25) is 0 Å². The van der Waals surface area contributed by atoms with E-state index in [1.54, 1.807) is 50.6 Å². The Morgan fingerprint density at radius 1 is 0.660 bits per heavy atom. The third kappa shape index (κ3) is 6.32. The third-order valence-electron chi connectivity index (χ3n) is 8.55. The maximum atomic E-state index is 14.3. The SMILES string of the molecule is COc1ccc(C(=O)c2cc(C#N)ccc2-c2ccc(OC)cc2[P+](Cc2cccc(C)c2)(c2ccccc2)c2ccccc2)cc1. The predicted molar refractivity (Wildman–Crippen MR) is 193 cm³/mol. The molecule has 0 amide bonds. The van der Waals surface area contributed by atoms with E-state index in [9.17, 15) is 10.1 Å². The van der Waals surface area contributed by atoms with E-state index in [2.05, 4.69) is 110 Å². The molecule has 0 aromatic heterocycles. The van der Waals surface area contributed by atoms with Gasteiger partial charge in [-0.25, -0.2) is 0 Å². The molecular weight excluding hydrogens is 597 g/mol. The van der Waals surface area contributed by atoms with Crippen LogP contribution in [0.15, 0.2) is 146 Å². The molecule has 0 aliphatic heterocycles. The summed E-state index contributed by atoms with van der Waals surface area (Å²) in [7, 11) is 0.822. The second kappa shape index (κ2) is 13.9. The molecule has 6 rings (SSSR count). The van der Waals surface area contributed by atoms with Crippen molar-refractivity contribution in [3.8, 4) is 28.7 Å². The van der Waals surface area contributed by atoms with Crippen LogP contribution in [0.5, 0.6) is 11.5 Å². The molecule has 230 valence electrons. The summed E-state index contributed by atoms with van der Waals surface area (Å²) in [6, 6.07) is 51.0. The van der Waals surface area contributed by atoms with Gasteiger partial charge in [0, 0.05) is 22.8 Å². The number of aryl methyl sites for hydroxylation is 1. The Labute approximate surface area is 277 Å². The van der Waals surface area contributed by atoms with Crippen molar-refractivity contribution >= 4 is 29.0 Å². The van der Waals surface area contributed by atoms with Crippen molar-refractivity contribution in [1.29, 1.82) is 5.26 Å². The molecule has 6 aromatic rings. The maximum absolute atomic E-state index is 14.3. The summed E-state index contributed by atoms with van der Waals surface area (Å²) in [4.78, 5) is 14.3. The second-order valence-electron chi connectivity index (χ2n) is 11.4. The Hall–Kier alpha value is -5.49. The Kier molecular flexibility index (Phi) is 9.30. The van der Waals surface area contributed by atoms with Crippen molar-refractivity contribution in [2.24, 2.45) is 0 Å². The number of carbonyl (C=O) groups excluding carboxylic acids is 1. The van der Waals surface area contributed by atoms with Crippen molar-refractivity contribution in [2.75, 3.05) is 14.2 Å². The average molecular weight is 633 g/mol. The van der Waals surface area contributed by atoms with E-state index >= 15 is 0 Å². The van der Waals surface area contributed by atoms with Gasteiger partial charge < -0.3 is 9.47 Å². The molecule has 0 saturated heterocycles. The number of ketones is 1. The lowest BCUT2D eigenvalue weighted by atomic mass is 9.92. The number of nitriles is 1. The van der Waals surface area contributed by atoms with E-state index in [0.717, 1.165) is 28.3 Å². The van der Waals surface area contributed by atoms with Crippen molar-refractivity contribution in [2.45, 2.75) is 13.1 Å². The monoisotopic (exact) mass is 632 g/mol. The van der Waals surface area contributed by atoms with Crippen molar-refractivity contribution in [3.05, 3.63) is 173 Å². The smallest absolute Gasteiger partial charge is 0.193 e. The fourth-order valence-electron chi connectivity index (χ4n) is 6.26. The van der Waals surface area contributed by atoms with Gasteiger partial charge in [-0.15, -0.1) is 0 Å². The minimum Gasteiger partial charge on any atom is -0.497 e. The van der Waals surface area contributed by atoms with Crippen LogP contribution >= 0.6 is 7.26 Å². The number of nitrogens with zero attached hydrogens (tertiary/aromatic N) is 1. The molecule has 5 heteroatoms. The van der Waals surface area contributed by atoms with Crippen LogP contribution < -0.4 is 25.4 Å². The minimum absolute atomic E-state index is 0.163. The highest BCUT2D eigenvalue weighted by atomic mass is 31.2. The number of hydrogen-bond acceptors (Lipinski definition) is 4. The summed E-state index contributed by atoms with van der Waals surface area (Å²) >= 11 is 0. The Morgan fingerprint density at radius 2 is 1.28 bits per heavy atom. The molecule has 0 aliphatic rings. The Morgan fingerprint density at radius 3 is 1.87 bits per heavy atom. The largest absolute Gasteiger partial charge is 0.497 e. The zero-order valence-electron chi connectivity index (χ0n) is 26.7. The third-order valence-corrected chi connectivity index (χ3v) is 12.9. The van der Waals surface area contributed by atoms with Crippen molar-refractivity contribution in [3.63, 3.8) is 0 Å². The van der Waals surface area contributed by atoms with Gasteiger partial charge in [0.25, 0.3) is 0 Å². The van der Waals surface area contributed by atoms with Crippen LogP contribution in [-0.2, 0) is 6.16 Å². The molecular formula is C42H35NO3P+. The molecule has 0 N–H and O–H groups in total. The van der Waals surface area contributed by atoms with E-state index in [4.69, 9.17) is 9.47 Å². The molecule has 0 saturated carbocycles. The number of hydrogen-bond donors (Lipinski definition) is 0. The number of benzene rings is 6. The molecule has 0 spiro atoms. The predicted octanol–water partition coefficient (Wildman–Crippen LogP) is 8.28. The van der Waals surface area contributed by atoms with Crippen LogP contribution in [0, 0.1) is 18.3 Å². The molecule has 0 bridgehead atoms. The van der Waals surface area contributed by atoms with Gasteiger partial charge in [0.1, 0.15) is 34.7 Å². The molecule has 47 heavy (non-hydrogen) atoms. The minimum atomic E-state index is -2.46. The van der Waals surface area contributed by atoms with E-state index in [1.165, 1.54) is 21.7 Å². The van der Waals surface area contributed by atoms with E-state index in [-0.39, 0.29) is 5.78 Å². The molecule has 6 aromatic carbocycles. The highest BCUT2D eigenvalue weighted by molar-refractivity contribution is 7.95. The summed E-state index contributed by atoms with van der Waals surface area (Å²) < 4.78 is 11.2. The quantitative estimate of drug-likeness (QED) is 0.113. The van der Waals surface area contributed by atoms with Crippen LogP contribution in [-0.4, -0.2) is 20.0 Å². The maximum Gasteiger partial charge on any atom is 0.193 e. The first-order valence-corrected chi connectivity index (χ1v) is 17.4. The van der Waals surface area contributed by atoms with Gasteiger partial charge in [-0.2, -0.15) is 5.26 Å². The Bertz CT molecular complexity index is 2030. The first-order valence-electron chi connectivity index (χ1n) is 15.4. The number of rotatable bonds is 10. The fraction of sp³-hybridized carbons (Fsp3) is 0.0952. The van der Waals surface area contributed by atoms with Crippen LogP contribution in [0.25, 0.3) is 11.1 Å². The highest BCUT2D eigenvalue weighted by Crippen LogP contribution is 2.60. The molecule has 0 unspecified atom stereocenters. The zero-order valence-corrected chi connectivity index (χ0v) is 27.6.